The summed E-state index contributed by atoms with van der Waals surface area (Å²) in [5.41, 5.74) is 2.51. The average molecular weight is 380 g/mol. The summed E-state index contributed by atoms with van der Waals surface area (Å²) in [7, 11) is 1.64. The fourth-order valence-corrected chi connectivity index (χ4v) is 3.54. The van der Waals surface area contributed by atoms with Gasteiger partial charge in [-0.3, -0.25) is 9.59 Å². The molecule has 5 nitrogen and oxygen atoms in total. The first-order chi connectivity index (χ1) is 13.5. The van der Waals surface area contributed by atoms with Gasteiger partial charge in [-0.2, -0.15) is 0 Å². The van der Waals surface area contributed by atoms with Crippen LogP contribution in [0.15, 0.2) is 48.5 Å². The highest BCUT2D eigenvalue weighted by Crippen LogP contribution is 2.25. The lowest BCUT2D eigenvalue weighted by Crippen LogP contribution is -2.29. The Morgan fingerprint density at radius 2 is 1.79 bits per heavy atom. The Bertz CT molecular complexity index is 813. The number of nitrogens with one attached hydrogen (secondary N) is 1. The Hall–Kier alpha value is -2.82. The van der Waals surface area contributed by atoms with Crippen LogP contribution in [0.4, 0.5) is 5.69 Å². The van der Waals surface area contributed by atoms with Gasteiger partial charge in [-0.25, -0.2) is 0 Å². The van der Waals surface area contributed by atoms with Gasteiger partial charge in [0.1, 0.15) is 5.75 Å². The second-order valence-corrected chi connectivity index (χ2v) is 7.62. The van der Waals surface area contributed by atoms with Crippen LogP contribution in [0.5, 0.6) is 5.75 Å². The van der Waals surface area contributed by atoms with E-state index in [0.29, 0.717) is 17.9 Å². The van der Waals surface area contributed by atoms with Crippen molar-refractivity contribution in [1.82, 2.24) is 5.32 Å². The summed E-state index contributed by atoms with van der Waals surface area (Å²) in [5, 5.41) is 3.16. The highest BCUT2D eigenvalue weighted by atomic mass is 16.5. The van der Waals surface area contributed by atoms with Gasteiger partial charge in [0.05, 0.1) is 13.2 Å². The van der Waals surface area contributed by atoms with Gasteiger partial charge in [-0.05, 0) is 60.7 Å². The first-order valence-electron chi connectivity index (χ1n) is 9.83. The second-order valence-electron chi connectivity index (χ2n) is 7.62. The Kier molecular flexibility index (Phi) is 6.34. The van der Waals surface area contributed by atoms with E-state index >= 15 is 0 Å². The summed E-state index contributed by atoms with van der Waals surface area (Å²) in [4.78, 5) is 26.5. The van der Waals surface area contributed by atoms with Crippen molar-refractivity contribution in [2.24, 2.45) is 5.92 Å². The molecule has 3 rings (SSSR count). The Morgan fingerprint density at radius 3 is 2.32 bits per heavy atom. The third kappa shape index (κ3) is 4.71. The Morgan fingerprint density at radius 1 is 1.11 bits per heavy atom. The molecule has 28 heavy (non-hydrogen) atoms. The average Bonchev–Trinajstić information content (AvgIpc) is 3.13. The number of rotatable bonds is 7. The minimum atomic E-state index is -0.110. The lowest BCUT2D eigenvalue weighted by Gasteiger charge is -2.22. The molecule has 2 amide bonds. The summed E-state index contributed by atoms with van der Waals surface area (Å²) >= 11 is 0. The van der Waals surface area contributed by atoms with Crippen LogP contribution < -0.4 is 15.0 Å². The summed E-state index contributed by atoms with van der Waals surface area (Å²) in [6.07, 6.45) is 2.33. The zero-order chi connectivity index (χ0) is 20.1. The van der Waals surface area contributed by atoms with Gasteiger partial charge in [0.2, 0.25) is 5.91 Å². The maximum atomic E-state index is 12.8. The van der Waals surface area contributed by atoms with Crippen LogP contribution in [0.2, 0.25) is 0 Å². The van der Waals surface area contributed by atoms with Gasteiger partial charge in [0.15, 0.2) is 0 Å². The first kappa shape index (κ1) is 19.9. The summed E-state index contributed by atoms with van der Waals surface area (Å²) in [6, 6.07) is 15.0. The van der Waals surface area contributed by atoms with E-state index < -0.39 is 0 Å². The van der Waals surface area contributed by atoms with E-state index in [1.807, 2.05) is 36.4 Å². The number of ether oxygens (including phenoxy) is 1. The standard InChI is InChI=1S/C23H28N2O3/c1-16(2)15-21(17-8-12-20(28-3)13-9-17)24-23(27)18-6-10-19(11-7-18)25-14-4-5-22(25)26/h6-13,16,21H,4-5,14-15H2,1-3H3,(H,24,27)/t21-/m1/s1. The number of methoxy groups -OCH3 is 1. The molecule has 0 bridgehead atoms. The SMILES string of the molecule is COc1ccc([C@@H](CC(C)C)NC(=O)c2ccc(N3CCCC3=O)cc2)cc1. The molecule has 0 radical (unpaired) electrons. The minimum absolute atomic E-state index is 0.0711. The topological polar surface area (TPSA) is 58.6 Å². The smallest absolute Gasteiger partial charge is 0.251 e. The molecule has 5 heteroatoms. The Balaban J connectivity index is 1.72. The van der Waals surface area contributed by atoms with Crippen molar-refractivity contribution in [3.05, 3.63) is 59.7 Å². The molecular weight excluding hydrogens is 352 g/mol. The molecule has 1 fully saturated rings. The van der Waals surface area contributed by atoms with Crippen LogP contribution in [-0.4, -0.2) is 25.5 Å². The van der Waals surface area contributed by atoms with Crippen LogP contribution in [0, 0.1) is 5.92 Å². The second kappa shape index (κ2) is 8.91. The summed E-state index contributed by atoms with van der Waals surface area (Å²) in [6.45, 7) is 5.04. The van der Waals surface area contributed by atoms with Gasteiger partial charge >= 0.3 is 0 Å². The van der Waals surface area contributed by atoms with E-state index in [0.717, 1.165) is 36.4 Å². The molecule has 0 aromatic heterocycles. The third-order valence-corrected chi connectivity index (χ3v) is 5.05. The monoisotopic (exact) mass is 380 g/mol. The van der Waals surface area contributed by atoms with Gasteiger partial charge in [-0.1, -0.05) is 26.0 Å². The maximum Gasteiger partial charge on any atom is 0.251 e. The third-order valence-electron chi connectivity index (χ3n) is 5.05. The first-order valence-corrected chi connectivity index (χ1v) is 9.83. The van der Waals surface area contributed by atoms with Crippen molar-refractivity contribution in [2.75, 3.05) is 18.6 Å². The van der Waals surface area contributed by atoms with Crippen molar-refractivity contribution in [3.63, 3.8) is 0 Å². The van der Waals surface area contributed by atoms with E-state index in [2.05, 4.69) is 19.2 Å². The molecule has 1 heterocycles. The van der Waals surface area contributed by atoms with Crippen molar-refractivity contribution in [2.45, 2.75) is 39.2 Å². The fourth-order valence-electron chi connectivity index (χ4n) is 3.54. The predicted molar refractivity (Wildman–Crippen MR) is 111 cm³/mol. The van der Waals surface area contributed by atoms with E-state index in [4.69, 9.17) is 4.74 Å². The van der Waals surface area contributed by atoms with Crippen LogP contribution in [0.1, 0.15) is 55.1 Å². The largest absolute Gasteiger partial charge is 0.497 e. The number of hydrogen-bond donors (Lipinski definition) is 1. The molecule has 0 aliphatic carbocycles. The van der Waals surface area contributed by atoms with Gasteiger partial charge in [0.25, 0.3) is 5.91 Å². The molecule has 1 atom stereocenters. The molecule has 0 unspecified atom stereocenters. The van der Waals surface area contributed by atoms with Crippen LogP contribution in [0.3, 0.4) is 0 Å². The van der Waals surface area contributed by atoms with Crippen molar-refractivity contribution >= 4 is 17.5 Å². The summed E-state index contributed by atoms with van der Waals surface area (Å²) in [5.74, 6) is 1.27. The molecular formula is C23H28N2O3. The van der Waals surface area contributed by atoms with E-state index in [9.17, 15) is 9.59 Å². The summed E-state index contributed by atoms with van der Waals surface area (Å²) < 4.78 is 5.23. The maximum absolute atomic E-state index is 12.8. The van der Waals surface area contributed by atoms with Gasteiger partial charge < -0.3 is 15.0 Å². The lowest BCUT2D eigenvalue weighted by molar-refractivity contribution is -0.117. The van der Waals surface area contributed by atoms with Crippen LogP contribution >= 0.6 is 0 Å². The normalized spacial score (nSPS) is 15.0. The van der Waals surface area contributed by atoms with Gasteiger partial charge in [-0.15, -0.1) is 0 Å². The molecule has 1 aliphatic rings. The van der Waals surface area contributed by atoms with E-state index in [-0.39, 0.29) is 17.9 Å². The zero-order valence-electron chi connectivity index (χ0n) is 16.8. The van der Waals surface area contributed by atoms with Crippen molar-refractivity contribution in [1.29, 1.82) is 0 Å². The van der Waals surface area contributed by atoms with Crippen LogP contribution in [-0.2, 0) is 4.79 Å². The molecule has 0 spiro atoms. The highest BCUT2D eigenvalue weighted by molar-refractivity contribution is 5.97. The molecule has 2 aromatic rings. The number of anilines is 1. The Labute approximate surface area is 166 Å². The number of carbonyl (C=O) groups is 2. The number of benzene rings is 2. The molecule has 1 saturated heterocycles. The predicted octanol–water partition coefficient (Wildman–Crippen LogP) is 4.34. The lowest BCUT2D eigenvalue weighted by atomic mass is 9.96. The molecule has 0 saturated carbocycles. The number of amides is 2. The van der Waals surface area contributed by atoms with Crippen molar-refractivity contribution in [3.8, 4) is 5.75 Å². The van der Waals surface area contributed by atoms with Crippen molar-refractivity contribution < 1.29 is 14.3 Å². The molecule has 2 aromatic carbocycles. The molecule has 1 aliphatic heterocycles. The van der Waals surface area contributed by atoms with Gasteiger partial charge in [0, 0.05) is 24.2 Å². The fraction of sp³-hybridized carbons (Fsp3) is 0.391. The van der Waals surface area contributed by atoms with E-state index in [1.54, 1.807) is 24.1 Å². The van der Waals surface area contributed by atoms with E-state index in [1.165, 1.54) is 0 Å². The number of nitrogens with zero attached hydrogens (tertiary/aromatic N) is 1. The minimum Gasteiger partial charge on any atom is -0.497 e. The zero-order valence-corrected chi connectivity index (χ0v) is 16.8. The quantitative estimate of drug-likeness (QED) is 0.777. The van der Waals surface area contributed by atoms with Crippen LogP contribution in [0.25, 0.3) is 0 Å². The highest BCUT2D eigenvalue weighted by Gasteiger charge is 2.22. The molecule has 148 valence electrons. The number of carbonyl (C=O) groups excluding carboxylic acids is 2. The number of hydrogen-bond acceptors (Lipinski definition) is 3. The molecule has 1 N–H and O–H groups in total.